The predicted octanol–water partition coefficient (Wildman–Crippen LogP) is 3.97. The van der Waals surface area contributed by atoms with Crippen molar-refractivity contribution in [3.8, 4) is 0 Å². The van der Waals surface area contributed by atoms with Gasteiger partial charge in [-0.05, 0) is 48.4 Å². The number of hydrogen-bond donors (Lipinski definition) is 2. The molecule has 0 bridgehead atoms. The molecule has 6 heteroatoms. The third-order valence-corrected chi connectivity index (χ3v) is 6.43. The van der Waals surface area contributed by atoms with Crippen molar-refractivity contribution >= 4 is 33.2 Å². The molecule has 2 N–H and O–H groups in total. The maximum absolute atomic E-state index is 5.63. The van der Waals surface area contributed by atoms with Crippen LogP contribution in [0.25, 0.3) is 0 Å². The monoisotopic (exact) mass is 435 g/mol. The van der Waals surface area contributed by atoms with Gasteiger partial charge in [0.2, 0.25) is 0 Å². The van der Waals surface area contributed by atoms with Gasteiger partial charge in [0.05, 0.1) is 0 Å². The van der Waals surface area contributed by atoms with Crippen LogP contribution in [0.15, 0.2) is 51.2 Å². The quantitative estimate of drug-likeness (QED) is 0.532. The Labute approximate surface area is 168 Å². The van der Waals surface area contributed by atoms with Gasteiger partial charge >= 0.3 is 0 Å². The predicted molar refractivity (Wildman–Crippen MR) is 113 cm³/mol. The Bertz CT molecular complexity index is 694. The van der Waals surface area contributed by atoms with Crippen molar-refractivity contribution in [1.82, 2.24) is 10.6 Å². The summed E-state index contributed by atoms with van der Waals surface area (Å²) in [4.78, 5) is 5.78. The van der Waals surface area contributed by atoms with Crippen molar-refractivity contribution < 1.29 is 4.74 Å². The van der Waals surface area contributed by atoms with Crippen LogP contribution in [-0.4, -0.2) is 39.3 Å². The number of nitrogens with one attached hydrogen (secondary N) is 2. The smallest absolute Gasteiger partial charge is 0.191 e. The van der Waals surface area contributed by atoms with E-state index in [4.69, 9.17) is 4.74 Å². The van der Waals surface area contributed by atoms with Gasteiger partial charge < -0.3 is 15.4 Å². The van der Waals surface area contributed by atoms with Gasteiger partial charge in [0.1, 0.15) is 0 Å². The first-order valence-corrected chi connectivity index (χ1v) is 10.7. The lowest BCUT2D eigenvalue weighted by Gasteiger charge is -2.38. The van der Waals surface area contributed by atoms with Crippen LogP contribution < -0.4 is 10.6 Å². The summed E-state index contributed by atoms with van der Waals surface area (Å²) in [7, 11) is 1.83. The van der Waals surface area contributed by atoms with E-state index in [0.29, 0.717) is 0 Å². The van der Waals surface area contributed by atoms with Gasteiger partial charge in [0.15, 0.2) is 5.96 Å². The Balaban J connectivity index is 1.60. The minimum absolute atomic E-state index is 0.0876. The molecule has 0 amide bonds. The summed E-state index contributed by atoms with van der Waals surface area (Å²) in [5, 5.41) is 9.10. The maximum atomic E-state index is 5.63. The molecule has 0 saturated carbocycles. The van der Waals surface area contributed by atoms with Crippen LogP contribution in [0.1, 0.15) is 23.3 Å². The number of ether oxygens (including phenoxy) is 1. The molecule has 1 saturated heterocycles. The molecular formula is C20H26BrN3OS. The second-order valence-corrected chi connectivity index (χ2v) is 8.53. The largest absolute Gasteiger partial charge is 0.381 e. The zero-order valence-corrected chi connectivity index (χ0v) is 17.5. The number of halogens is 1. The Morgan fingerprint density at radius 3 is 2.62 bits per heavy atom. The maximum Gasteiger partial charge on any atom is 0.191 e. The third kappa shape index (κ3) is 5.09. The number of thiophene rings is 1. The van der Waals surface area contributed by atoms with E-state index in [0.717, 1.165) is 56.0 Å². The molecule has 0 spiro atoms. The SMILES string of the molecule is CN=C(NCCc1cccs1)NCC1(c2ccc(Br)cc2)CCOCC1. The molecule has 2 aromatic rings. The number of guanidine groups is 1. The number of nitrogens with zero attached hydrogens (tertiary/aromatic N) is 1. The highest BCUT2D eigenvalue weighted by Crippen LogP contribution is 2.34. The molecule has 1 aromatic heterocycles. The molecule has 1 aromatic carbocycles. The molecule has 1 fully saturated rings. The summed E-state index contributed by atoms with van der Waals surface area (Å²) in [6, 6.07) is 13.0. The van der Waals surface area contributed by atoms with Crippen LogP contribution in [0.2, 0.25) is 0 Å². The van der Waals surface area contributed by atoms with Crippen molar-refractivity contribution in [2.24, 2.45) is 4.99 Å². The number of rotatable bonds is 6. The topological polar surface area (TPSA) is 45.7 Å². The number of benzene rings is 1. The molecular weight excluding hydrogens is 410 g/mol. The first-order valence-electron chi connectivity index (χ1n) is 9.03. The first-order chi connectivity index (χ1) is 12.7. The Morgan fingerprint density at radius 2 is 1.96 bits per heavy atom. The number of aliphatic imine (C=N–C) groups is 1. The first kappa shape index (κ1) is 19.4. The minimum atomic E-state index is 0.0876. The molecule has 2 heterocycles. The van der Waals surface area contributed by atoms with Gasteiger partial charge in [-0.3, -0.25) is 4.99 Å². The lowest BCUT2D eigenvalue weighted by Crippen LogP contribution is -2.48. The van der Waals surface area contributed by atoms with Crippen molar-refractivity contribution in [3.05, 3.63) is 56.7 Å². The van der Waals surface area contributed by atoms with E-state index < -0.39 is 0 Å². The lowest BCUT2D eigenvalue weighted by molar-refractivity contribution is 0.0514. The van der Waals surface area contributed by atoms with Crippen LogP contribution >= 0.6 is 27.3 Å². The van der Waals surface area contributed by atoms with Gasteiger partial charge in [-0.25, -0.2) is 0 Å². The average molecular weight is 436 g/mol. The fraction of sp³-hybridized carbons (Fsp3) is 0.450. The molecule has 0 atom stereocenters. The summed E-state index contributed by atoms with van der Waals surface area (Å²) in [5.41, 5.74) is 1.45. The highest BCUT2D eigenvalue weighted by Gasteiger charge is 2.34. The molecule has 1 aliphatic rings. The summed E-state index contributed by atoms with van der Waals surface area (Å²) in [6.45, 7) is 3.36. The molecule has 4 nitrogen and oxygen atoms in total. The second kappa shape index (κ2) is 9.53. The summed E-state index contributed by atoms with van der Waals surface area (Å²) >= 11 is 5.33. The summed E-state index contributed by atoms with van der Waals surface area (Å²) in [5.74, 6) is 0.865. The molecule has 140 valence electrons. The Hall–Kier alpha value is -1.37. The van der Waals surface area contributed by atoms with Gasteiger partial charge in [-0.1, -0.05) is 34.1 Å². The zero-order chi connectivity index (χ0) is 18.2. The Morgan fingerprint density at radius 1 is 1.19 bits per heavy atom. The molecule has 3 rings (SSSR count). The van der Waals surface area contributed by atoms with Crippen LogP contribution in [0.5, 0.6) is 0 Å². The normalized spacial score (nSPS) is 17.1. The van der Waals surface area contributed by atoms with Crippen molar-refractivity contribution in [1.29, 1.82) is 0 Å². The van der Waals surface area contributed by atoms with E-state index in [-0.39, 0.29) is 5.41 Å². The van der Waals surface area contributed by atoms with Gasteiger partial charge in [0.25, 0.3) is 0 Å². The van der Waals surface area contributed by atoms with E-state index in [1.54, 1.807) is 11.3 Å². The van der Waals surface area contributed by atoms with Crippen LogP contribution in [-0.2, 0) is 16.6 Å². The van der Waals surface area contributed by atoms with Crippen molar-refractivity contribution in [3.63, 3.8) is 0 Å². The van der Waals surface area contributed by atoms with Gasteiger partial charge in [0, 0.05) is 48.1 Å². The van der Waals surface area contributed by atoms with Crippen LogP contribution in [0.3, 0.4) is 0 Å². The van der Waals surface area contributed by atoms with Crippen molar-refractivity contribution in [2.45, 2.75) is 24.7 Å². The third-order valence-electron chi connectivity index (χ3n) is 4.97. The van der Waals surface area contributed by atoms with Crippen LogP contribution in [0.4, 0.5) is 0 Å². The molecule has 0 unspecified atom stereocenters. The summed E-state index contributed by atoms with van der Waals surface area (Å²) < 4.78 is 6.74. The molecule has 1 aliphatic heterocycles. The summed E-state index contributed by atoms with van der Waals surface area (Å²) in [6.07, 6.45) is 3.06. The zero-order valence-electron chi connectivity index (χ0n) is 15.1. The van der Waals surface area contributed by atoms with E-state index in [1.165, 1.54) is 10.4 Å². The van der Waals surface area contributed by atoms with Gasteiger partial charge in [-0.2, -0.15) is 0 Å². The van der Waals surface area contributed by atoms with E-state index in [9.17, 15) is 0 Å². The second-order valence-electron chi connectivity index (χ2n) is 6.58. The van der Waals surface area contributed by atoms with E-state index in [1.807, 2.05) is 7.05 Å². The minimum Gasteiger partial charge on any atom is -0.381 e. The standard InChI is InChI=1S/C20H26BrN3OS/c1-22-19(23-11-8-18-3-2-14-26-18)24-15-20(9-12-25-13-10-20)16-4-6-17(21)7-5-16/h2-7,14H,8-13,15H2,1H3,(H2,22,23,24). The molecule has 26 heavy (non-hydrogen) atoms. The average Bonchev–Trinajstić information content (AvgIpc) is 3.19. The fourth-order valence-corrected chi connectivity index (χ4v) is 4.34. The molecule has 0 aliphatic carbocycles. The van der Waals surface area contributed by atoms with Crippen LogP contribution in [0, 0.1) is 0 Å². The highest BCUT2D eigenvalue weighted by atomic mass is 79.9. The lowest BCUT2D eigenvalue weighted by atomic mass is 9.74. The van der Waals surface area contributed by atoms with E-state index >= 15 is 0 Å². The number of hydrogen-bond acceptors (Lipinski definition) is 3. The van der Waals surface area contributed by atoms with Crippen molar-refractivity contribution in [2.75, 3.05) is 33.4 Å². The highest BCUT2D eigenvalue weighted by molar-refractivity contribution is 9.10. The van der Waals surface area contributed by atoms with E-state index in [2.05, 4.69) is 73.3 Å². The Kier molecular flexibility index (Phi) is 7.11. The van der Waals surface area contributed by atoms with Gasteiger partial charge in [-0.15, -0.1) is 11.3 Å². The fourth-order valence-electron chi connectivity index (χ4n) is 3.37. The molecule has 0 radical (unpaired) electrons.